The Bertz CT molecular complexity index is 448. The minimum atomic E-state index is 0.0648. The van der Waals surface area contributed by atoms with Crippen LogP contribution in [0.25, 0.3) is 0 Å². The zero-order chi connectivity index (χ0) is 15.3. The number of benzene rings is 1. The minimum Gasteiger partial charge on any atom is -0.490 e. The van der Waals surface area contributed by atoms with Crippen LogP contribution in [-0.4, -0.2) is 31.5 Å². The van der Waals surface area contributed by atoms with Crippen molar-refractivity contribution in [3.05, 3.63) is 23.8 Å². The minimum absolute atomic E-state index is 0.0648. The van der Waals surface area contributed by atoms with Crippen molar-refractivity contribution in [3.63, 3.8) is 0 Å². The van der Waals surface area contributed by atoms with Gasteiger partial charge in [0, 0.05) is 24.1 Å². The first-order valence-electron chi connectivity index (χ1n) is 7.73. The topological polar surface area (TPSA) is 39.7 Å². The molecular formula is C17H27NO3. The van der Waals surface area contributed by atoms with Gasteiger partial charge in [0.2, 0.25) is 0 Å². The molecule has 0 saturated carbocycles. The molecule has 21 heavy (non-hydrogen) atoms. The molecule has 0 amide bonds. The van der Waals surface area contributed by atoms with E-state index in [2.05, 4.69) is 32.2 Å². The van der Waals surface area contributed by atoms with Crippen LogP contribution in [0.3, 0.4) is 0 Å². The average Bonchev–Trinajstić information content (AvgIpc) is 2.91. The molecule has 1 aliphatic heterocycles. The lowest BCUT2D eigenvalue weighted by Crippen LogP contribution is -2.35. The van der Waals surface area contributed by atoms with Crippen molar-refractivity contribution >= 4 is 0 Å². The Kier molecular flexibility index (Phi) is 5.48. The Labute approximate surface area is 127 Å². The van der Waals surface area contributed by atoms with Crippen molar-refractivity contribution in [2.45, 2.75) is 52.3 Å². The fourth-order valence-corrected chi connectivity index (χ4v) is 2.24. The largest absolute Gasteiger partial charge is 0.490 e. The predicted molar refractivity (Wildman–Crippen MR) is 84.1 cm³/mol. The molecule has 0 spiro atoms. The highest BCUT2D eigenvalue weighted by atomic mass is 16.6. The summed E-state index contributed by atoms with van der Waals surface area (Å²) in [6.45, 7) is 11.3. The maximum atomic E-state index is 6.17. The van der Waals surface area contributed by atoms with Crippen LogP contribution in [0.2, 0.25) is 0 Å². The molecule has 0 aromatic heterocycles. The van der Waals surface area contributed by atoms with E-state index in [-0.39, 0.29) is 11.6 Å². The second-order valence-electron chi connectivity index (χ2n) is 6.38. The third-order valence-corrected chi connectivity index (χ3v) is 3.34. The maximum Gasteiger partial charge on any atom is 0.166 e. The maximum absolute atomic E-state index is 6.17. The van der Waals surface area contributed by atoms with Gasteiger partial charge in [-0.15, -0.1) is 0 Å². The zero-order valence-electron chi connectivity index (χ0n) is 13.6. The summed E-state index contributed by atoms with van der Waals surface area (Å²) in [5, 5.41) is 3.51. The zero-order valence-corrected chi connectivity index (χ0v) is 13.6. The number of rotatable bonds is 6. The second kappa shape index (κ2) is 7.14. The molecule has 0 aliphatic carbocycles. The van der Waals surface area contributed by atoms with Crippen molar-refractivity contribution in [2.75, 3.05) is 19.8 Å². The molecule has 1 aromatic rings. The lowest BCUT2D eigenvalue weighted by Gasteiger charge is -2.23. The number of para-hydroxylation sites is 1. The van der Waals surface area contributed by atoms with Crippen LogP contribution < -0.4 is 14.8 Å². The van der Waals surface area contributed by atoms with Gasteiger partial charge in [0.15, 0.2) is 11.5 Å². The van der Waals surface area contributed by atoms with Gasteiger partial charge in [0.05, 0.1) is 19.8 Å². The quantitative estimate of drug-likeness (QED) is 0.874. The van der Waals surface area contributed by atoms with E-state index in [0.717, 1.165) is 36.6 Å². The Balaban J connectivity index is 2.18. The third-order valence-electron chi connectivity index (χ3n) is 3.34. The third kappa shape index (κ3) is 4.90. The molecule has 1 saturated heterocycles. The van der Waals surface area contributed by atoms with E-state index >= 15 is 0 Å². The van der Waals surface area contributed by atoms with Crippen molar-refractivity contribution in [1.82, 2.24) is 5.32 Å². The van der Waals surface area contributed by atoms with Gasteiger partial charge in [-0.05, 0) is 33.8 Å². The number of hydrogen-bond donors (Lipinski definition) is 1. The first kappa shape index (κ1) is 16.1. The molecule has 1 fully saturated rings. The lowest BCUT2D eigenvalue weighted by molar-refractivity contribution is 0.136. The molecule has 1 unspecified atom stereocenters. The molecule has 1 aromatic carbocycles. The fraction of sp³-hybridized carbons (Fsp3) is 0.647. The average molecular weight is 293 g/mol. The SMILES string of the molecule is CCOc1cccc(CNC(C)(C)C)c1OC1CCOC1. The van der Waals surface area contributed by atoms with E-state index in [4.69, 9.17) is 14.2 Å². The van der Waals surface area contributed by atoms with Gasteiger partial charge in [0.1, 0.15) is 6.10 Å². The molecule has 1 N–H and O–H groups in total. The predicted octanol–water partition coefficient (Wildman–Crippen LogP) is 3.14. The van der Waals surface area contributed by atoms with Gasteiger partial charge >= 0.3 is 0 Å². The van der Waals surface area contributed by atoms with Crippen LogP contribution in [-0.2, 0) is 11.3 Å². The summed E-state index contributed by atoms with van der Waals surface area (Å²) in [5.41, 5.74) is 1.19. The molecule has 1 aliphatic rings. The van der Waals surface area contributed by atoms with Gasteiger partial charge in [-0.2, -0.15) is 0 Å². The summed E-state index contributed by atoms with van der Waals surface area (Å²) in [5.74, 6) is 1.67. The molecule has 4 nitrogen and oxygen atoms in total. The summed E-state index contributed by atoms with van der Waals surface area (Å²) >= 11 is 0. The van der Waals surface area contributed by atoms with E-state index in [1.54, 1.807) is 0 Å². The van der Waals surface area contributed by atoms with Crippen LogP contribution in [0, 0.1) is 0 Å². The Morgan fingerprint density at radius 3 is 2.76 bits per heavy atom. The molecule has 1 atom stereocenters. The van der Waals surface area contributed by atoms with Crippen molar-refractivity contribution in [1.29, 1.82) is 0 Å². The fourth-order valence-electron chi connectivity index (χ4n) is 2.24. The van der Waals surface area contributed by atoms with Gasteiger partial charge in [-0.1, -0.05) is 12.1 Å². The van der Waals surface area contributed by atoms with Crippen molar-refractivity contribution < 1.29 is 14.2 Å². The summed E-state index contributed by atoms with van der Waals surface area (Å²) in [7, 11) is 0. The highest BCUT2D eigenvalue weighted by molar-refractivity contribution is 5.47. The van der Waals surface area contributed by atoms with Crippen molar-refractivity contribution in [3.8, 4) is 11.5 Å². The first-order valence-corrected chi connectivity index (χ1v) is 7.73. The second-order valence-corrected chi connectivity index (χ2v) is 6.38. The monoisotopic (exact) mass is 293 g/mol. The Morgan fingerprint density at radius 2 is 2.14 bits per heavy atom. The Morgan fingerprint density at radius 1 is 1.33 bits per heavy atom. The van der Waals surface area contributed by atoms with E-state index < -0.39 is 0 Å². The van der Waals surface area contributed by atoms with Crippen molar-refractivity contribution in [2.24, 2.45) is 0 Å². The van der Waals surface area contributed by atoms with Crippen LogP contribution in [0.4, 0.5) is 0 Å². The van der Waals surface area contributed by atoms with Crippen LogP contribution >= 0.6 is 0 Å². The summed E-state index contributed by atoms with van der Waals surface area (Å²) in [6.07, 6.45) is 1.06. The highest BCUT2D eigenvalue weighted by Gasteiger charge is 2.21. The molecular weight excluding hydrogens is 266 g/mol. The Hall–Kier alpha value is -1.26. The van der Waals surface area contributed by atoms with E-state index in [9.17, 15) is 0 Å². The van der Waals surface area contributed by atoms with Crippen LogP contribution in [0.5, 0.6) is 11.5 Å². The van der Waals surface area contributed by atoms with Gasteiger partial charge in [0.25, 0.3) is 0 Å². The number of ether oxygens (including phenoxy) is 3. The van der Waals surface area contributed by atoms with E-state index in [0.29, 0.717) is 13.2 Å². The smallest absolute Gasteiger partial charge is 0.166 e. The van der Waals surface area contributed by atoms with E-state index in [1.807, 2.05) is 19.1 Å². The summed E-state index contributed by atoms with van der Waals surface area (Å²) in [4.78, 5) is 0. The van der Waals surface area contributed by atoms with Gasteiger partial charge in [-0.25, -0.2) is 0 Å². The highest BCUT2D eigenvalue weighted by Crippen LogP contribution is 2.33. The standard InChI is InChI=1S/C17H27NO3/c1-5-20-15-8-6-7-13(11-18-17(2,3)4)16(15)21-14-9-10-19-12-14/h6-8,14,18H,5,9-12H2,1-4H3. The molecule has 2 rings (SSSR count). The molecule has 4 heteroatoms. The number of nitrogens with one attached hydrogen (secondary N) is 1. The molecule has 1 heterocycles. The summed E-state index contributed by atoms with van der Waals surface area (Å²) < 4.78 is 17.3. The molecule has 0 radical (unpaired) electrons. The van der Waals surface area contributed by atoms with Crippen LogP contribution in [0.1, 0.15) is 39.7 Å². The van der Waals surface area contributed by atoms with Gasteiger partial charge < -0.3 is 19.5 Å². The van der Waals surface area contributed by atoms with Gasteiger partial charge in [-0.3, -0.25) is 0 Å². The van der Waals surface area contributed by atoms with E-state index in [1.165, 1.54) is 0 Å². The summed E-state index contributed by atoms with van der Waals surface area (Å²) in [6, 6.07) is 6.07. The lowest BCUT2D eigenvalue weighted by atomic mass is 10.1. The van der Waals surface area contributed by atoms with Crippen LogP contribution in [0.15, 0.2) is 18.2 Å². The first-order chi connectivity index (χ1) is 9.99. The normalized spacial score (nSPS) is 18.8. The molecule has 0 bridgehead atoms. The molecule has 118 valence electrons. The number of hydrogen-bond acceptors (Lipinski definition) is 4.